The molecule has 3 rings (SSSR count). The average molecular weight is 387 g/mol. The van der Waals surface area contributed by atoms with Gasteiger partial charge in [0.15, 0.2) is 0 Å². The molecule has 0 spiro atoms. The van der Waals surface area contributed by atoms with Crippen LogP contribution in [0.3, 0.4) is 0 Å². The maximum atomic E-state index is 12.7. The predicted molar refractivity (Wildman–Crippen MR) is 114 cm³/mol. The lowest BCUT2D eigenvalue weighted by Crippen LogP contribution is -2.46. The van der Waals surface area contributed by atoms with Crippen LogP contribution in [-0.4, -0.2) is 36.5 Å². The number of nitrogens with one attached hydrogen (secondary N) is 1. The van der Waals surface area contributed by atoms with Crippen LogP contribution in [0.4, 0.5) is 0 Å². The van der Waals surface area contributed by atoms with Gasteiger partial charge in [0.05, 0.1) is 6.61 Å². The lowest BCUT2D eigenvalue weighted by Gasteiger charge is -2.35. The number of piperidine rings is 1. The highest BCUT2D eigenvalue weighted by molar-refractivity contribution is 5.79. The number of unbranched alkanes of at least 4 members (excludes halogenated alkanes) is 2. The lowest BCUT2D eigenvalue weighted by molar-refractivity contribution is -0.137. The zero-order valence-electron chi connectivity index (χ0n) is 17.6. The van der Waals surface area contributed by atoms with Gasteiger partial charge in [-0.1, -0.05) is 51.2 Å². The Morgan fingerprint density at radius 3 is 2.43 bits per heavy atom. The number of rotatable bonds is 9. The molecule has 0 bridgehead atoms. The third-order valence-corrected chi connectivity index (χ3v) is 6.30. The van der Waals surface area contributed by atoms with E-state index in [1.165, 1.54) is 37.7 Å². The van der Waals surface area contributed by atoms with Crippen molar-refractivity contribution in [3.63, 3.8) is 0 Å². The van der Waals surface area contributed by atoms with Crippen LogP contribution in [0.25, 0.3) is 0 Å². The van der Waals surface area contributed by atoms with Gasteiger partial charge in [0, 0.05) is 31.6 Å². The summed E-state index contributed by atoms with van der Waals surface area (Å²) in [7, 11) is 0. The van der Waals surface area contributed by atoms with Crippen LogP contribution in [0.5, 0.6) is 5.75 Å². The number of benzene rings is 1. The quantitative estimate of drug-likeness (QED) is 0.613. The molecule has 2 aliphatic rings. The number of amides is 1. The molecule has 1 aromatic carbocycles. The summed E-state index contributed by atoms with van der Waals surface area (Å²) in [6.07, 6.45) is 11.7. The fourth-order valence-electron chi connectivity index (χ4n) is 4.42. The van der Waals surface area contributed by atoms with Crippen LogP contribution in [0.15, 0.2) is 24.3 Å². The summed E-state index contributed by atoms with van der Waals surface area (Å²) in [5.41, 5.74) is 1.29. The first-order chi connectivity index (χ1) is 13.8. The number of likely N-dealkylation sites (tertiary alicyclic amines) is 1. The fourth-order valence-corrected chi connectivity index (χ4v) is 4.42. The molecular formula is C24H38N2O2. The van der Waals surface area contributed by atoms with Crippen molar-refractivity contribution in [1.29, 1.82) is 0 Å². The van der Waals surface area contributed by atoms with Gasteiger partial charge in [-0.3, -0.25) is 4.79 Å². The Morgan fingerprint density at radius 2 is 1.75 bits per heavy atom. The second-order valence-electron chi connectivity index (χ2n) is 8.51. The highest BCUT2D eigenvalue weighted by Gasteiger charge is 2.28. The highest BCUT2D eigenvalue weighted by atomic mass is 16.5. The molecule has 2 fully saturated rings. The first-order valence-corrected chi connectivity index (χ1v) is 11.5. The molecule has 4 nitrogen and oxygen atoms in total. The van der Waals surface area contributed by atoms with E-state index in [1.807, 2.05) is 0 Å². The van der Waals surface area contributed by atoms with Crippen LogP contribution in [0.2, 0.25) is 0 Å². The summed E-state index contributed by atoms with van der Waals surface area (Å²) < 4.78 is 5.78. The summed E-state index contributed by atoms with van der Waals surface area (Å²) in [4.78, 5) is 14.8. The van der Waals surface area contributed by atoms with Gasteiger partial charge >= 0.3 is 0 Å². The molecule has 156 valence electrons. The van der Waals surface area contributed by atoms with Crippen molar-refractivity contribution < 1.29 is 9.53 Å². The van der Waals surface area contributed by atoms with Crippen LogP contribution in [0, 0.1) is 5.92 Å². The molecular weight excluding hydrogens is 348 g/mol. The van der Waals surface area contributed by atoms with E-state index in [9.17, 15) is 4.79 Å². The third-order valence-electron chi connectivity index (χ3n) is 6.30. The molecule has 1 aliphatic heterocycles. The van der Waals surface area contributed by atoms with E-state index in [-0.39, 0.29) is 0 Å². The second kappa shape index (κ2) is 11.5. The van der Waals surface area contributed by atoms with Gasteiger partial charge in [0.25, 0.3) is 0 Å². The minimum atomic E-state index is 0.306. The Morgan fingerprint density at radius 1 is 1.04 bits per heavy atom. The number of hydrogen-bond donors (Lipinski definition) is 1. The van der Waals surface area contributed by atoms with Gasteiger partial charge in [0.2, 0.25) is 5.91 Å². The third kappa shape index (κ3) is 6.51. The molecule has 1 heterocycles. The Balaban J connectivity index is 1.34. The first kappa shape index (κ1) is 21.2. The van der Waals surface area contributed by atoms with Crippen molar-refractivity contribution in [2.45, 2.75) is 83.7 Å². The topological polar surface area (TPSA) is 41.6 Å². The smallest absolute Gasteiger partial charge is 0.225 e. The Kier molecular flexibility index (Phi) is 8.66. The van der Waals surface area contributed by atoms with Crippen molar-refractivity contribution in [2.24, 2.45) is 5.92 Å². The van der Waals surface area contributed by atoms with Crippen LogP contribution in [-0.2, 0) is 11.3 Å². The summed E-state index contributed by atoms with van der Waals surface area (Å²) in [6.45, 7) is 5.73. The van der Waals surface area contributed by atoms with Crippen molar-refractivity contribution in [1.82, 2.24) is 10.2 Å². The van der Waals surface area contributed by atoms with Gasteiger partial charge < -0.3 is 15.0 Å². The predicted octanol–water partition coefficient (Wildman–Crippen LogP) is 4.92. The van der Waals surface area contributed by atoms with Gasteiger partial charge in [-0.25, -0.2) is 0 Å². The van der Waals surface area contributed by atoms with Crippen molar-refractivity contribution in [3.8, 4) is 5.75 Å². The van der Waals surface area contributed by atoms with Gasteiger partial charge in [-0.15, -0.1) is 0 Å². The lowest BCUT2D eigenvalue weighted by atomic mass is 9.87. The number of ether oxygens (including phenoxy) is 1. The SMILES string of the molecule is CCCCCOc1ccc(CNC2CCN(C(=O)C3CCCCC3)CC2)cc1. The second-order valence-corrected chi connectivity index (χ2v) is 8.51. The Hall–Kier alpha value is -1.55. The molecule has 1 saturated heterocycles. The van der Waals surface area contributed by atoms with Crippen LogP contribution in [0.1, 0.15) is 76.7 Å². The molecule has 1 saturated carbocycles. The number of carbonyl (C=O) groups is 1. The zero-order chi connectivity index (χ0) is 19.6. The summed E-state index contributed by atoms with van der Waals surface area (Å²) in [5.74, 6) is 1.70. The van der Waals surface area contributed by atoms with Gasteiger partial charge in [0.1, 0.15) is 5.75 Å². The standard InChI is InChI=1S/C24H38N2O2/c1-2-3-7-18-28-23-12-10-20(11-13-23)19-25-22-14-16-26(17-15-22)24(27)21-8-5-4-6-9-21/h10-13,21-22,25H,2-9,14-19H2,1H3. The Bertz CT molecular complexity index is 573. The summed E-state index contributed by atoms with van der Waals surface area (Å²) in [6, 6.07) is 8.98. The monoisotopic (exact) mass is 386 g/mol. The minimum absolute atomic E-state index is 0.306. The zero-order valence-corrected chi connectivity index (χ0v) is 17.6. The largest absolute Gasteiger partial charge is 0.494 e. The molecule has 0 atom stereocenters. The molecule has 0 unspecified atom stereocenters. The number of hydrogen-bond acceptors (Lipinski definition) is 3. The van der Waals surface area contributed by atoms with E-state index in [0.717, 1.165) is 64.1 Å². The van der Waals surface area contributed by atoms with E-state index in [0.29, 0.717) is 17.9 Å². The molecule has 0 radical (unpaired) electrons. The molecule has 1 aromatic rings. The van der Waals surface area contributed by atoms with Crippen molar-refractivity contribution in [3.05, 3.63) is 29.8 Å². The molecule has 0 aromatic heterocycles. The molecule has 4 heteroatoms. The van der Waals surface area contributed by atoms with Gasteiger partial charge in [-0.05, 0) is 49.8 Å². The van der Waals surface area contributed by atoms with Crippen LogP contribution >= 0.6 is 0 Å². The highest BCUT2D eigenvalue weighted by Crippen LogP contribution is 2.26. The maximum absolute atomic E-state index is 12.7. The summed E-state index contributed by atoms with van der Waals surface area (Å²) in [5, 5.41) is 3.68. The molecule has 1 N–H and O–H groups in total. The molecule has 1 amide bonds. The number of nitrogens with zero attached hydrogens (tertiary/aromatic N) is 1. The maximum Gasteiger partial charge on any atom is 0.225 e. The number of carbonyl (C=O) groups excluding carboxylic acids is 1. The van der Waals surface area contributed by atoms with E-state index in [2.05, 4.69) is 41.4 Å². The van der Waals surface area contributed by atoms with E-state index in [1.54, 1.807) is 0 Å². The minimum Gasteiger partial charge on any atom is -0.494 e. The van der Waals surface area contributed by atoms with E-state index < -0.39 is 0 Å². The summed E-state index contributed by atoms with van der Waals surface area (Å²) >= 11 is 0. The molecule has 1 aliphatic carbocycles. The first-order valence-electron chi connectivity index (χ1n) is 11.5. The fraction of sp³-hybridized carbons (Fsp3) is 0.708. The van der Waals surface area contributed by atoms with E-state index >= 15 is 0 Å². The molecule has 28 heavy (non-hydrogen) atoms. The van der Waals surface area contributed by atoms with Gasteiger partial charge in [-0.2, -0.15) is 0 Å². The van der Waals surface area contributed by atoms with Crippen molar-refractivity contribution in [2.75, 3.05) is 19.7 Å². The van der Waals surface area contributed by atoms with E-state index in [4.69, 9.17) is 4.74 Å². The Labute approximate surface area is 171 Å². The van der Waals surface area contributed by atoms with Crippen LogP contribution < -0.4 is 10.1 Å². The van der Waals surface area contributed by atoms with Crippen molar-refractivity contribution >= 4 is 5.91 Å². The average Bonchev–Trinajstić information content (AvgIpc) is 2.76. The normalized spacial score (nSPS) is 19.0.